The molecule has 7 heteroatoms. The summed E-state index contributed by atoms with van der Waals surface area (Å²) < 4.78 is 5.19. The van der Waals surface area contributed by atoms with Crippen molar-refractivity contribution in [2.24, 2.45) is 5.10 Å². The van der Waals surface area contributed by atoms with Gasteiger partial charge >= 0.3 is 0 Å². The zero-order valence-corrected chi connectivity index (χ0v) is 15.1. The van der Waals surface area contributed by atoms with Crippen LogP contribution in [-0.4, -0.2) is 60.7 Å². The van der Waals surface area contributed by atoms with E-state index in [9.17, 15) is 9.59 Å². The van der Waals surface area contributed by atoms with Crippen LogP contribution < -0.4 is 4.90 Å². The maximum atomic E-state index is 12.8. The van der Waals surface area contributed by atoms with E-state index in [2.05, 4.69) is 5.10 Å². The Morgan fingerprint density at radius 2 is 1.89 bits per heavy atom. The van der Waals surface area contributed by atoms with Gasteiger partial charge < -0.3 is 14.2 Å². The van der Waals surface area contributed by atoms with Gasteiger partial charge in [-0.2, -0.15) is 5.10 Å². The summed E-state index contributed by atoms with van der Waals surface area (Å²) in [6.07, 6.45) is 4.06. The molecule has 0 saturated carbocycles. The lowest BCUT2D eigenvalue weighted by atomic mass is 10.0. The number of amides is 2. The molecule has 1 atom stereocenters. The summed E-state index contributed by atoms with van der Waals surface area (Å²) in [6, 6.07) is 13.4. The van der Waals surface area contributed by atoms with Gasteiger partial charge in [-0.05, 0) is 17.7 Å². The number of carbonyl (C=O) groups excluding carboxylic acids is 2. The maximum Gasteiger partial charge on any atom is 0.298 e. The van der Waals surface area contributed by atoms with Gasteiger partial charge in [0.15, 0.2) is 12.3 Å². The van der Waals surface area contributed by atoms with Gasteiger partial charge in [0, 0.05) is 12.6 Å². The molecule has 0 unspecified atom stereocenters. The molecular weight excluding hydrogens is 344 g/mol. The SMILES string of the molecule is O=C(c1ccco1)N1CC[NH+](CC(=O)N2N=CC[C@H]2c2ccccc2)CC1. The van der Waals surface area contributed by atoms with Crippen LogP contribution in [0.3, 0.4) is 0 Å². The monoisotopic (exact) mass is 367 g/mol. The second-order valence-corrected chi connectivity index (χ2v) is 6.89. The summed E-state index contributed by atoms with van der Waals surface area (Å²) >= 11 is 0. The molecule has 0 radical (unpaired) electrons. The highest BCUT2D eigenvalue weighted by Crippen LogP contribution is 2.27. The highest BCUT2D eigenvalue weighted by Gasteiger charge is 2.32. The Morgan fingerprint density at radius 3 is 2.59 bits per heavy atom. The Morgan fingerprint density at radius 1 is 1.11 bits per heavy atom. The molecule has 4 rings (SSSR count). The minimum Gasteiger partial charge on any atom is -0.459 e. The Balaban J connectivity index is 1.32. The summed E-state index contributed by atoms with van der Waals surface area (Å²) in [6.45, 7) is 3.11. The van der Waals surface area contributed by atoms with Crippen LogP contribution in [0.15, 0.2) is 58.2 Å². The fourth-order valence-corrected chi connectivity index (χ4v) is 3.66. The molecule has 3 heterocycles. The van der Waals surface area contributed by atoms with E-state index in [1.165, 1.54) is 11.2 Å². The molecule has 0 spiro atoms. The lowest BCUT2D eigenvalue weighted by molar-refractivity contribution is -0.896. The highest BCUT2D eigenvalue weighted by atomic mass is 16.3. The number of nitrogens with one attached hydrogen (secondary N) is 1. The number of hydrogen-bond acceptors (Lipinski definition) is 4. The molecule has 27 heavy (non-hydrogen) atoms. The molecule has 2 aromatic rings. The van der Waals surface area contributed by atoms with E-state index in [0.717, 1.165) is 25.1 Å². The summed E-state index contributed by atoms with van der Waals surface area (Å²) in [4.78, 5) is 28.1. The lowest BCUT2D eigenvalue weighted by Gasteiger charge is -2.32. The van der Waals surface area contributed by atoms with E-state index in [-0.39, 0.29) is 17.9 Å². The first kappa shape index (κ1) is 17.5. The zero-order valence-electron chi connectivity index (χ0n) is 15.1. The van der Waals surface area contributed by atoms with Crippen molar-refractivity contribution >= 4 is 18.0 Å². The molecule has 0 aliphatic carbocycles. The molecule has 1 N–H and O–H groups in total. The molecule has 1 saturated heterocycles. The Hall–Kier alpha value is -2.93. The van der Waals surface area contributed by atoms with Gasteiger partial charge in [-0.1, -0.05) is 30.3 Å². The number of carbonyl (C=O) groups is 2. The van der Waals surface area contributed by atoms with Gasteiger partial charge in [-0.3, -0.25) is 9.59 Å². The highest BCUT2D eigenvalue weighted by molar-refractivity contribution is 5.91. The van der Waals surface area contributed by atoms with E-state index in [1.807, 2.05) is 36.5 Å². The third-order valence-corrected chi connectivity index (χ3v) is 5.16. The number of quaternary nitrogens is 1. The number of rotatable bonds is 4. The van der Waals surface area contributed by atoms with Crippen LogP contribution in [0.2, 0.25) is 0 Å². The van der Waals surface area contributed by atoms with Gasteiger partial charge in [0.05, 0.1) is 38.5 Å². The van der Waals surface area contributed by atoms with Crippen molar-refractivity contribution in [2.45, 2.75) is 12.5 Å². The molecule has 7 nitrogen and oxygen atoms in total. The van der Waals surface area contributed by atoms with Crippen molar-refractivity contribution in [3.05, 3.63) is 60.1 Å². The number of hydrogen-bond donors (Lipinski definition) is 1. The molecule has 1 fully saturated rings. The Labute approximate surface area is 157 Å². The lowest BCUT2D eigenvalue weighted by Crippen LogP contribution is -3.15. The first-order valence-electron chi connectivity index (χ1n) is 9.28. The average molecular weight is 367 g/mol. The van der Waals surface area contributed by atoms with Crippen molar-refractivity contribution in [3.63, 3.8) is 0 Å². The van der Waals surface area contributed by atoms with Crippen LogP contribution >= 0.6 is 0 Å². The summed E-state index contributed by atoms with van der Waals surface area (Å²) in [5, 5.41) is 5.92. The Bertz CT molecular complexity index is 811. The fraction of sp³-hybridized carbons (Fsp3) is 0.350. The van der Waals surface area contributed by atoms with Crippen molar-refractivity contribution in [1.82, 2.24) is 9.91 Å². The van der Waals surface area contributed by atoms with Gasteiger partial charge in [-0.25, -0.2) is 5.01 Å². The number of hydrazone groups is 1. The minimum absolute atomic E-state index is 0.0140. The third-order valence-electron chi connectivity index (χ3n) is 5.16. The van der Waals surface area contributed by atoms with Gasteiger partial charge in [-0.15, -0.1) is 0 Å². The van der Waals surface area contributed by atoms with Crippen LogP contribution in [0.5, 0.6) is 0 Å². The number of nitrogens with zero attached hydrogens (tertiary/aromatic N) is 3. The van der Waals surface area contributed by atoms with Crippen LogP contribution in [0.4, 0.5) is 0 Å². The minimum atomic E-state index is -0.0846. The zero-order chi connectivity index (χ0) is 18.6. The Kier molecular flexibility index (Phi) is 5.02. The van der Waals surface area contributed by atoms with E-state index >= 15 is 0 Å². The molecule has 2 aliphatic heterocycles. The first-order chi connectivity index (χ1) is 13.2. The molecule has 140 valence electrons. The smallest absolute Gasteiger partial charge is 0.298 e. The maximum absolute atomic E-state index is 12.8. The number of furan rings is 1. The van der Waals surface area contributed by atoms with Gasteiger partial charge in [0.1, 0.15) is 0 Å². The van der Waals surface area contributed by atoms with Crippen LogP contribution in [0.1, 0.15) is 28.6 Å². The van der Waals surface area contributed by atoms with E-state index in [1.54, 1.807) is 22.0 Å². The van der Waals surface area contributed by atoms with Crippen molar-refractivity contribution in [2.75, 3.05) is 32.7 Å². The van der Waals surface area contributed by atoms with Crippen molar-refractivity contribution in [3.8, 4) is 0 Å². The van der Waals surface area contributed by atoms with Crippen molar-refractivity contribution < 1.29 is 18.9 Å². The molecule has 2 aliphatic rings. The number of piperazine rings is 1. The normalized spacial score (nSPS) is 20.2. The third kappa shape index (κ3) is 3.78. The molecule has 1 aromatic carbocycles. The van der Waals surface area contributed by atoms with Crippen LogP contribution in [0.25, 0.3) is 0 Å². The first-order valence-corrected chi connectivity index (χ1v) is 9.28. The predicted octanol–water partition coefficient (Wildman–Crippen LogP) is 0.580. The van der Waals surface area contributed by atoms with Gasteiger partial charge in [0.25, 0.3) is 11.8 Å². The second kappa shape index (κ2) is 7.75. The van der Waals surface area contributed by atoms with Crippen LogP contribution in [-0.2, 0) is 4.79 Å². The molecule has 2 amide bonds. The predicted molar refractivity (Wildman–Crippen MR) is 99.3 cm³/mol. The second-order valence-electron chi connectivity index (χ2n) is 6.89. The van der Waals surface area contributed by atoms with Crippen LogP contribution in [0, 0.1) is 0 Å². The average Bonchev–Trinajstić information content (AvgIpc) is 3.41. The van der Waals surface area contributed by atoms with E-state index in [0.29, 0.717) is 25.4 Å². The van der Waals surface area contributed by atoms with Gasteiger partial charge in [0.2, 0.25) is 0 Å². The molecule has 0 bridgehead atoms. The largest absolute Gasteiger partial charge is 0.459 e. The van der Waals surface area contributed by atoms with Crippen molar-refractivity contribution in [1.29, 1.82) is 0 Å². The van der Waals surface area contributed by atoms with E-state index < -0.39 is 0 Å². The fourth-order valence-electron chi connectivity index (χ4n) is 3.66. The van der Waals surface area contributed by atoms with E-state index in [4.69, 9.17) is 4.42 Å². The summed E-state index contributed by atoms with van der Waals surface area (Å²) in [7, 11) is 0. The topological polar surface area (TPSA) is 70.6 Å². The summed E-state index contributed by atoms with van der Waals surface area (Å²) in [5.74, 6) is 0.309. The molecular formula is C20H23N4O3+. The quantitative estimate of drug-likeness (QED) is 0.859. The number of benzene rings is 1. The standard InChI is InChI=1S/C20H22N4O3/c25-19(24-17(8-9-21-24)16-5-2-1-3-6-16)15-22-10-12-23(13-11-22)20(26)18-7-4-14-27-18/h1-7,9,14,17H,8,10-13,15H2/p+1/t17-/m0/s1. The molecule has 1 aromatic heterocycles. The summed E-state index contributed by atoms with van der Waals surface area (Å²) in [5.41, 5.74) is 1.10.